The molecule has 33 heavy (non-hydrogen) atoms. The number of aromatic nitrogens is 1. The fourth-order valence-electron chi connectivity index (χ4n) is 5.30. The van der Waals surface area contributed by atoms with Gasteiger partial charge in [-0.1, -0.05) is 67.8 Å². The van der Waals surface area contributed by atoms with E-state index in [1.54, 1.807) is 0 Å². The van der Waals surface area contributed by atoms with E-state index in [-0.39, 0.29) is 23.9 Å². The van der Waals surface area contributed by atoms with Gasteiger partial charge < -0.3 is 9.80 Å². The highest BCUT2D eigenvalue weighted by molar-refractivity contribution is 6.11. The van der Waals surface area contributed by atoms with Gasteiger partial charge in [-0.25, -0.2) is 4.98 Å². The van der Waals surface area contributed by atoms with Crippen molar-refractivity contribution in [1.82, 2.24) is 14.8 Å². The number of benzene rings is 2. The molecule has 2 aromatic carbocycles. The monoisotopic (exact) mass is 441 g/mol. The lowest BCUT2D eigenvalue weighted by atomic mass is 9.94. The van der Waals surface area contributed by atoms with Gasteiger partial charge in [-0.15, -0.1) is 0 Å². The Hall–Kier alpha value is -3.21. The number of hydrogen-bond acceptors (Lipinski definition) is 3. The summed E-state index contributed by atoms with van der Waals surface area (Å²) in [6, 6.07) is 18.1. The predicted octanol–water partition coefficient (Wildman–Crippen LogP) is 5.57. The molecule has 0 saturated heterocycles. The van der Waals surface area contributed by atoms with Gasteiger partial charge >= 0.3 is 0 Å². The topological polar surface area (TPSA) is 53.5 Å². The van der Waals surface area contributed by atoms with E-state index in [1.807, 2.05) is 78.2 Å². The fourth-order valence-corrected chi connectivity index (χ4v) is 5.30. The summed E-state index contributed by atoms with van der Waals surface area (Å²) in [4.78, 5) is 36.2. The Kier molecular flexibility index (Phi) is 5.88. The Bertz CT molecular complexity index is 1180. The van der Waals surface area contributed by atoms with Crippen LogP contribution in [0.25, 0.3) is 10.9 Å². The maximum atomic E-state index is 14.1. The van der Waals surface area contributed by atoms with E-state index < -0.39 is 0 Å². The average Bonchev–Trinajstić information content (AvgIpc) is 3.17. The Morgan fingerprint density at radius 3 is 2.45 bits per heavy atom. The number of amides is 2. The highest BCUT2D eigenvalue weighted by atomic mass is 16.2. The largest absolute Gasteiger partial charge is 0.332 e. The molecule has 0 spiro atoms. The smallest absolute Gasteiger partial charge is 0.273 e. The molecule has 1 saturated carbocycles. The number of para-hydroxylation sites is 1. The summed E-state index contributed by atoms with van der Waals surface area (Å²) < 4.78 is 0. The second kappa shape index (κ2) is 8.97. The quantitative estimate of drug-likeness (QED) is 0.520. The van der Waals surface area contributed by atoms with Gasteiger partial charge in [0.1, 0.15) is 5.69 Å². The summed E-state index contributed by atoms with van der Waals surface area (Å²) in [5.41, 5.74) is 3.71. The average molecular weight is 442 g/mol. The Morgan fingerprint density at radius 2 is 1.73 bits per heavy atom. The van der Waals surface area contributed by atoms with Crippen LogP contribution in [0.1, 0.15) is 77.9 Å². The number of hydrogen-bond donors (Lipinski definition) is 0. The molecule has 0 N–H and O–H groups in total. The second-order valence-corrected chi connectivity index (χ2v) is 9.57. The van der Waals surface area contributed by atoms with Crippen LogP contribution in [0.2, 0.25) is 0 Å². The molecule has 5 rings (SSSR count). The molecule has 1 aliphatic carbocycles. The highest BCUT2D eigenvalue weighted by Gasteiger charge is 2.39. The Labute approximate surface area is 195 Å². The molecule has 5 nitrogen and oxygen atoms in total. The summed E-state index contributed by atoms with van der Waals surface area (Å²) in [5, 5.41) is 0.832. The summed E-state index contributed by atoms with van der Waals surface area (Å²) in [7, 11) is 0. The summed E-state index contributed by atoms with van der Waals surface area (Å²) in [6.45, 7) is 5.10. The van der Waals surface area contributed by atoms with Crippen LogP contribution >= 0.6 is 0 Å². The van der Waals surface area contributed by atoms with Crippen LogP contribution in [-0.2, 0) is 13.1 Å². The molecule has 1 aliphatic heterocycles. The number of carbonyl (C=O) groups excluding carboxylic acids is 2. The van der Waals surface area contributed by atoms with Crippen molar-refractivity contribution in [3.8, 4) is 0 Å². The van der Waals surface area contributed by atoms with Gasteiger partial charge in [0, 0.05) is 36.1 Å². The normalized spacial score (nSPS) is 16.5. The Morgan fingerprint density at radius 1 is 1.03 bits per heavy atom. The number of carbonyl (C=O) groups is 2. The molecular weight excluding hydrogens is 410 g/mol. The van der Waals surface area contributed by atoms with Crippen LogP contribution in [0.3, 0.4) is 0 Å². The van der Waals surface area contributed by atoms with Crippen molar-refractivity contribution in [2.75, 3.05) is 0 Å². The first kappa shape index (κ1) is 21.6. The van der Waals surface area contributed by atoms with Gasteiger partial charge in [-0.2, -0.15) is 0 Å². The highest BCUT2D eigenvalue weighted by Crippen LogP contribution is 2.35. The van der Waals surface area contributed by atoms with E-state index in [0.29, 0.717) is 29.9 Å². The van der Waals surface area contributed by atoms with E-state index >= 15 is 0 Å². The molecule has 0 unspecified atom stereocenters. The van der Waals surface area contributed by atoms with Gasteiger partial charge in [0.05, 0.1) is 11.1 Å². The maximum absolute atomic E-state index is 14.1. The molecule has 2 heterocycles. The van der Waals surface area contributed by atoms with E-state index in [9.17, 15) is 9.59 Å². The van der Waals surface area contributed by atoms with Crippen LogP contribution in [0.5, 0.6) is 0 Å². The Balaban J connectivity index is 1.59. The maximum Gasteiger partial charge on any atom is 0.273 e. The van der Waals surface area contributed by atoms with Crippen molar-refractivity contribution in [2.24, 2.45) is 0 Å². The minimum absolute atomic E-state index is 0.0177. The molecule has 1 fully saturated rings. The van der Waals surface area contributed by atoms with Gasteiger partial charge in [0.15, 0.2) is 0 Å². The first-order chi connectivity index (χ1) is 16.0. The molecule has 0 atom stereocenters. The lowest BCUT2D eigenvalue weighted by molar-refractivity contribution is 0.0647. The zero-order chi connectivity index (χ0) is 22.9. The van der Waals surface area contributed by atoms with Crippen molar-refractivity contribution in [3.05, 3.63) is 77.0 Å². The lowest BCUT2D eigenvalue weighted by Crippen LogP contribution is -2.38. The minimum atomic E-state index is -0.0259. The van der Waals surface area contributed by atoms with Crippen LogP contribution in [0.15, 0.2) is 54.6 Å². The van der Waals surface area contributed by atoms with Gasteiger partial charge in [-0.3, -0.25) is 9.59 Å². The lowest BCUT2D eigenvalue weighted by Gasteiger charge is -2.31. The zero-order valence-electron chi connectivity index (χ0n) is 19.5. The summed E-state index contributed by atoms with van der Waals surface area (Å²) in [6.07, 6.45) is 5.62. The third-order valence-corrected chi connectivity index (χ3v) is 7.09. The van der Waals surface area contributed by atoms with Crippen molar-refractivity contribution in [3.63, 3.8) is 0 Å². The SMILES string of the molecule is CC(C)N(Cc1ccccc1)C(=O)c1c2c(nc3ccccc13)C(=O)N(C1CCCCC1)C2. The third kappa shape index (κ3) is 4.01. The second-order valence-electron chi connectivity index (χ2n) is 9.57. The molecule has 0 bridgehead atoms. The molecule has 3 aromatic rings. The van der Waals surface area contributed by atoms with Crippen LogP contribution in [-0.4, -0.2) is 38.7 Å². The molecular formula is C28H31N3O2. The number of fused-ring (bicyclic) bond motifs is 2. The predicted molar refractivity (Wildman–Crippen MR) is 130 cm³/mol. The van der Waals surface area contributed by atoms with Crippen molar-refractivity contribution < 1.29 is 9.59 Å². The van der Waals surface area contributed by atoms with Crippen LogP contribution < -0.4 is 0 Å². The van der Waals surface area contributed by atoms with Crippen LogP contribution in [0.4, 0.5) is 0 Å². The van der Waals surface area contributed by atoms with E-state index in [4.69, 9.17) is 4.98 Å². The van der Waals surface area contributed by atoms with E-state index in [2.05, 4.69) is 0 Å². The molecule has 1 aromatic heterocycles. The van der Waals surface area contributed by atoms with Gasteiger partial charge in [0.2, 0.25) is 0 Å². The first-order valence-corrected chi connectivity index (χ1v) is 12.1. The molecule has 0 radical (unpaired) electrons. The number of rotatable bonds is 5. The van der Waals surface area contributed by atoms with Crippen LogP contribution in [0, 0.1) is 0 Å². The number of nitrogens with zero attached hydrogens (tertiary/aromatic N) is 3. The minimum Gasteiger partial charge on any atom is -0.332 e. The van der Waals surface area contributed by atoms with Gasteiger partial charge in [-0.05, 0) is 38.3 Å². The summed E-state index contributed by atoms with van der Waals surface area (Å²) in [5.74, 6) is -0.0437. The number of pyridine rings is 1. The molecule has 5 heteroatoms. The van der Waals surface area contributed by atoms with Crippen molar-refractivity contribution in [2.45, 2.75) is 71.1 Å². The van der Waals surface area contributed by atoms with E-state index in [0.717, 1.165) is 42.2 Å². The van der Waals surface area contributed by atoms with Crippen molar-refractivity contribution >= 4 is 22.7 Å². The third-order valence-electron chi connectivity index (χ3n) is 7.09. The molecule has 2 amide bonds. The summed E-state index contributed by atoms with van der Waals surface area (Å²) >= 11 is 0. The van der Waals surface area contributed by atoms with Gasteiger partial charge in [0.25, 0.3) is 11.8 Å². The zero-order valence-corrected chi connectivity index (χ0v) is 19.5. The van der Waals surface area contributed by atoms with E-state index in [1.165, 1.54) is 6.42 Å². The van der Waals surface area contributed by atoms with Crippen molar-refractivity contribution in [1.29, 1.82) is 0 Å². The first-order valence-electron chi connectivity index (χ1n) is 12.1. The molecule has 170 valence electrons. The molecule has 2 aliphatic rings. The standard InChI is InChI=1S/C28H31N3O2/c1-19(2)30(17-20-11-5-3-6-12-20)27(32)25-22-15-9-10-16-24(22)29-26-23(25)18-31(28(26)33)21-13-7-4-8-14-21/h3,5-6,9-12,15-16,19,21H,4,7-8,13-14,17-18H2,1-2H3. The fraction of sp³-hybridized carbons (Fsp3) is 0.393.